The molecule has 0 aliphatic heterocycles. The van der Waals surface area contributed by atoms with E-state index in [1.165, 1.54) is 0 Å². The molecule has 0 aliphatic carbocycles. The summed E-state index contributed by atoms with van der Waals surface area (Å²) in [7, 11) is 0. The van der Waals surface area contributed by atoms with Crippen molar-refractivity contribution >= 4 is 11.6 Å². The maximum atomic E-state index is 11.8. The fourth-order valence-electron chi connectivity index (χ4n) is 1.51. The third kappa shape index (κ3) is 4.73. The van der Waals surface area contributed by atoms with Gasteiger partial charge < -0.3 is 10.6 Å². The Labute approximate surface area is 109 Å². The lowest BCUT2D eigenvalue weighted by atomic mass is 10.2. The second kappa shape index (κ2) is 7.69. The summed E-state index contributed by atoms with van der Waals surface area (Å²) in [6, 6.07) is 2.23. The van der Waals surface area contributed by atoms with E-state index in [9.17, 15) is 4.79 Å². The average Bonchev–Trinajstić information content (AvgIpc) is 2.39. The number of amides is 1. The Balaban J connectivity index is 2.60. The van der Waals surface area contributed by atoms with E-state index in [2.05, 4.69) is 36.4 Å². The number of anilines is 1. The molecule has 1 aromatic rings. The summed E-state index contributed by atoms with van der Waals surface area (Å²) in [5.74, 6) is -0.0521. The van der Waals surface area contributed by atoms with E-state index in [4.69, 9.17) is 0 Å². The van der Waals surface area contributed by atoms with Gasteiger partial charge in [0.05, 0.1) is 11.3 Å². The lowest BCUT2D eigenvalue weighted by Gasteiger charge is -2.13. The zero-order chi connectivity index (χ0) is 13.4. The molecule has 1 rings (SSSR count). The van der Waals surface area contributed by atoms with Crippen LogP contribution in [0.2, 0.25) is 0 Å². The SMILES string of the molecule is CCCCNC(=O)c1cncc(NC(C)CC)c1. The van der Waals surface area contributed by atoms with Crippen LogP contribution in [0.25, 0.3) is 0 Å². The Morgan fingerprint density at radius 3 is 2.83 bits per heavy atom. The highest BCUT2D eigenvalue weighted by molar-refractivity contribution is 5.94. The maximum absolute atomic E-state index is 11.8. The number of aromatic nitrogens is 1. The summed E-state index contributed by atoms with van der Waals surface area (Å²) in [5, 5.41) is 6.20. The molecule has 100 valence electrons. The third-order valence-corrected chi connectivity index (χ3v) is 2.84. The number of unbranched alkanes of at least 4 members (excludes halogenated alkanes) is 1. The van der Waals surface area contributed by atoms with Gasteiger partial charge in [-0.25, -0.2) is 0 Å². The van der Waals surface area contributed by atoms with Crippen molar-refractivity contribution in [3.8, 4) is 0 Å². The number of nitrogens with zero attached hydrogens (tertiary/aromatic N) is 1. The molecule has 0 spiro atoms. The van der Waals surface area contributed by atoms with Gasteiger partial charge in [0.15, 0.2) is 0 Å². The number of carbonyl (C=O) groups excluding carboxylic acids is 1. The first-order chi connectivity index (χ1) is 8.67. The van der Waals surface area contributed by atoms with Crippen LogP contribution < -0.4 is 10.6 Å². The summed E-state index contributed by atoms with van der Waals surface area (Å²) in [4.78, 5) is 15.9. The van der Waals surface area contributed by atoms with Crippen LogP contribution in [0.1, 0.15) is 50.4 Å². The molecule has 0 fully saturated rings. The molecule has 1 aromatic heterocycles. The predicted octanol–water partition coefficient (Wildman–Crippen LogP) is 2.82. The van der Waals surface area contributed by atoms with Crippen molar-refractivity contribution in [2.24, 2.45) is 0 Å². The van der Waals surface area contributed by atoms with E-state index in [1.807, 2.05) is 6.07 Å². The smallest absolute Gasteiger partial charge is 0.252 e. The van der Waals surface area contributed by atoms with Crippen molar-refractivity contribution in [2.45, 2.75) is 46.1 Å². The number of carbonyl (C=O) groups is 1. The van der Waals surface area contributed by atoms with Gasteiger partial charge in [0.25, 0.3) is 5.91 Å². The molecule has 1 unspecified atom stereocenters. The minimum atomic E-state index is -0.0521. The third-order valence-electron chi connectivity index (χ3n) is 2.84. The van der Waals surface area contributed by atoms with Gasteiger partial charge in [-0.1, -0.05) is 20.3 Å². The highest BCUT2D eigenvalue weighted by Gasteiger charge is 2.07. The normalized spacial score (nSPS) is 11.9. The van der Waals surface area contributed by atoms with Crippen molar-refractivity contribution in [1.82, 2.24) is 10.3 Å². The fourth-order valence-corrected chi connectivity index (χ4v) is 1.51. The molecule has 0 bridgehead atoms. The van der Waals surface area contributed by atoms with Crippen molar-refractivity contribution in [1.29, 1.82) is 0 Å². The van der Waals surface area contributed by atoms with Gasteiger partial charge in [0.1, 0.15) is 0 Å². The number of hydrogen-bond donors (Lipinski definition) is 2. The second-order valence-corrected chi connectivity index (χ2v) is 4.53. The molecular formula is C14H23N3O. The molecule has 4 nitrogen and oxygen atoms in total. The number of nitrogens with one attached hydrogen (secondary N) is 2. The van der Waals surface area contributed by atoms with Gasteiger partial charge >= 0.3 is 0 Å². The Morgan fingerprint density at radius 1 is 1.39 bits per heavy atom. The first-order valence-electron chi connectivity index (χ1n) is 6.67. The zero-order valence-corrected chi connectivity index (χ0v) is 11.5. The molecule has 0 aliphatic rings. The van der Waals surface area contributed by atoms with E-state index >= 15 is 0 Å². The van der Waals surface area contributed by atoms with Gasteiger partial charge in [-0.3, -0.25) is 9.78 Å². The van der Waals surface area contributed by atoms with Crippen LogP contribution in [0.15, 0.2) is 18.5 Å². The Bertz CT molecular complexity index is 379. The Kier molecular flexibility index (Phi) is 6.19. The van der Waals surface area contributed by atoms with Crippen molar-refractivity contribution in [2.75, 3.05) is 11.9 Å². The summed E-state index contributed by atoms with van der Waals surface area (Å²) >= 11 is 0. The van der Waals surface area contributed by atoms with Crippen molar-refractivity contribution in [3.63, 3.8) is 0 Å². The highest BCUT2D eigenvalue weighted by atomic mass is 16.1. The van der Waals surface area contributed by atoms with Gasteiger partial charge in [0, 0.05) is 25.0 Å². The van der Waals surface area contributed by atoms with Crippen LogP contribution in [0.4, 0.5) is 5.69 Å². The second-order valence-electron chi connectivity index (χ2n) is 4.53. The zero-order valence-electron chi connectivity index (χ0n) is 11.5. The first kappa shape index (κ1) is 14.5. The molecule has 0 radical (unpaired) electrons. The average molecular weight is 249 g/mol. The lowest BCUT2D eigenvalue weighted by Crippen LogP contribution is -2.24. The molecule has 2 N–H and O–H groups in total. The molecule has 1 atom stereocenters. The van der Waals surface area contributed by atoms with Gasteiger partial charge in [0.2, 0.25) is 0 Å². The van der Waals surface area contributed by atoms with E-state index in [1.54, 1.807) is 12.4 Å². The largest absolute Gasteiger partial charge is 0.381 e. The van der Waals surface area contributed by atoms with E-state index in [-0.39, 0.29) is 5.91 Å². The minimum absolute atomic E-state index is 0.0521. The summed E-state index contributed by atoms with van der Waals surface area (Å²) < 4.78 is 0. The molecule has 0 aromatic carbocycles. The molecule has 1 heterocycles. The number of rotatable bonds is 7. The summed E-state index contributed by atoms with van der Waals surface area (Å²) in [5.41, 5.74) is 1.51. The lowest BCUT2D eigenvalue weighted by molar-refractivity contribution is 0.0953. The monoisotopic (exact) mass is 249 g/mol. The van der Waals surface area contributed by atoms with Crippen molar-refractivity contribution in [3.05, 3.63) is 24.0 Å². The molecule has 18 heavy (non-hydrogen) atoms. The Hall–Kier alpha value is -1.58. The number of pyridine rings is 1. The number of hydrogen-bond acceptors (Lipinski definition) is 3. The molecule has 0 saturated heterocycles. The van der Waals surface area contributed by atoms with Crippen molar-refractivity contribution < 1.29 is 4.79 Å². The summed E-state index contributed by atoms with van der Waals surface area (Å²) in [6.45, 7) is 7.04. The first-order valence-corrected chi connectivity index (χ1v) is 6.67. The quantitative estimate of drug-likeness (QED) is 0.731. The molecular weight excluding hydrogens is 226 g/mol. The standard InChI is InChI=1S/C14H23N3O/c1-4-6-7-16-14(18)12-8-13(10-15-9-12)17-11(3)5-2/h8-11,17H,4-7H2,1-3H3,(H,16,18). The Morgan fingerprint density at radius 2 is 2.17 bits per heavy atom. The fraction of sp³-hybridized carbons (Fsp3) is 0.571. The van der Waals surface area contributed by atoms with E-state index in [0.29, 0.717) is 11.6 Å². The minimum Gasteiger partial charge on any atom is -0.381 e. The van der Waals surface area contributed by atoms with Crippen LogP contribution >= 0.6 is 0 Å². The topological polar surface area (TPSA) is 54.0 Å². The van der Waals surface area contributed by atoms with Gasteiger partial charge in [-0.05, 0) is 25.8 Å². The van der Waals surface area contributed by atoms with Crippen LogP contribution in [-0.4, -0.2) is 23.5 Å². The maximum Gasteiger partial charge on any atom is 0.252 e. The van der Waals surface area contributed by atoms with Gasteiger partial charge in [-0.2, -0.15) is 0 Å². The van der Waals surface area contributed by atoms with Crippen LogP contribution in [0.5, 0.6) is 0 Å². The molecule has 0 saturated carbocycles. The van der Waals surface area contributed by atoms with Crippen LogP contribution in [-0.2, 0) is 0 Å². The van der Waals surface area contributed by atoms with Crippen LogP contribution in [0, 0.1) is 0 Å². The van der Waals surface area contributed by atoms with E-state index in [0.717, 1.165) is 31.5 Å². The summed E-state index contributed by atoms with van der Waals surface area (Å²) in [6.07, 6.45) is 6.46. The molecule has 1 amide bonds. The van der Waals surface area contributed by atoms with E-state index < -0.39 is 0 Å². The van der Waals surface area contributed by atoms with Crippen LogP contribution in [0.3, 0.4) is 0 Å². The molecule has 4 heteroatoms. The predicted molar refractivity (Wildman–Crippen MR) is 74.9 cm³/mol. The van der Waals surface area contributed by atoms with Gasteiger partial charge in [-0.15, -0.1) is 0 Å². The highest BCUT2D eigenvalue weighted by Crippen LogP contribution is 2.10.